The van der Waals surface area contributed by atoms with E-state index < -0.39 is 10.0 Å². The van der Waals surface area contributed by atoms with Crippen LogP contribution in [0.1, 0.15) is 5.76 Å². The predicted octanol–water partition coefficient (Wildman–Crippen LogP) is 1.39. The van der Waals surface area contributed by atoms with E-state index in [4.69, 9.17) is 4.42 Å². The molecule has 19 heavy (non-hydrogen) atoms. The normalized spacial score (nSPS) is 11.9. The number of aryl methyl sites for hydroxylation is 2. The van der Waals surface area contributed by atoms with E-state index in [2.05, 4.69) is 9.82 Å². The number of aromatic nitrogens is 2. The number of furan rings is 1. The number of hydrogen-bond donors (Lipinski definition) is 1. The Balaban J connectivity index is 1.84. The third kappa shape index (κ3) is 3.62. The number of sulfonamides is 1. The van der Waals surface area contributed by atoms with Crippen molar-refractivity contribution in [2.75, 3.05) is 12.3 Å². The second-order valence-electron chi connectivity index (χ2n) is 3.94. The monoisotopic (exact) mass is 301 g/mol. The van der Waals surface area contributed by atoms with E-state index in [1.54, 1.807) is 25.1 Å². The summed E-state index contributed by atoms with van der Waals surface area (Å²) in [5, 5.41) is 3.84. The van der Waals surface area contributed by atoms with E-state index >= 15 is 0 Å². The quantitative estimate of drug-likeness (QED) is 0.644. The summed E-state index contributed by atoms with van der Waals surface area (Å²) in [7, 11) is -1.78. The van der Waals surface area contributed by atoms with Crippen LogP contribution in [0.15, 0.2) is 38.9 Å². The van der Waals surface area contributed by atoms with Crippen molar-refractivity contribution in [3.05, 3.63) is 30.5 Å². The molecule has 0 aliphatic rings. The van der Waals surface area contributed by atoms with Crippen LogP contribution in [0.3, 0.4) is 0 Å². The van der Waals surface area contributed by atoms with Gasteiger partial charge in [-0.2, -0.15) is 5.10 Å². The second kappa shape index (κ2) is 5.81. The van der Waals surface area contributed by atoms with E-state index in [0.29, 0.717) is 12.3 Å². The summed E-state index contributed by atoms with van der Waals surface area (Å²) in [6.07, 6.45) is 4.42. The number of thioether (sulfide) groups is 1. The van der Waals surface area contributed by atoms with Gasteiger partial charge in [-0.1, -0.05) is 0 Å². The zero-order valence-electron chi connectivity index (χ0n) is 10.7. The molecule has 0 fully saturated rings. The first-order valence-corrected chi connectivity index (χ1v) is 8.11. The Morgan fingerprint density at radius 3 is 2.89 bits per heavy atom. The van der Waals surface area contributed by atoms with Gasteiger partial charge < -0.3 is 4.42 Å². The third-order valence-electron chi connectivity index (χ3n) is 2.45. The SMILES string of the molecule is Cc1occc1SCCNS(=O)(=O)c1cnn(C)c1. The first kappa shape index (κ1) is 14.2. The van der Waals surface area contributed by atoms with Crippen molar-refractivity contribution >= 4 is 21.8 Å². The summed E-state index contributed by atoms with van der Waals surface area (Å²) in [6, 6.07) is 1.87. The summed E-state index contributed by atoms with van der Waals surface area (Å²) in [5.41, 5.74) is 0. The second-order valence-corrected chi connectivity index (χ2v) is 6.84. The summed E-state index contributed by atoms with van der Waals surface area (Å²) >= 11 is 1.55. The van der Waals surface area contributed by atoms with Gasteiger partial charge in [0.15, 0.2) is 0 Å². The summed E-state index contributed by atoms with van der Waals surface area (Å²) in [5.74, 6) is 1.49. The van der Waals surface area contributed by atoms with Crippen molar-refractivity contribution in [1.29, 1.82) is 0 Å². The molecule has 2 rings (SSSR count). The zero-order chi connectivity index (χ0) is 13.9. The Labute approximate surface area is 116 Å². The van der Waals surface area contributed by atoms with Crippen LogP contribution < -0.4 is 4.72 Å². The molecule has 6 nitrogen and oxygen atoms in total. The van der Waals surface area contributed by atoms with Gasteiger partial charge in [0, 0.05) is 30.4 Å². The molecule has 0 unspecified atom stereocenters. The van der Waals surface area contributed by atoms with Gasteiger partial charge in [-0.25, -0.2) is 13.1 Å². The molecule has 0 amide bonds. The van der Waals surface area contributed by atoms with Gasteiger partial charge in [0.25, 0.3) is 0 Å². The molecule has 2 aromatic rings. The third-order valence-corrected chi connectivity index (χ3v) is 5.01. The largest absolute Gasteiger partial charge is 0.468 e. The minimum Gasteiger partial charge on any atom is -0.468 e. The molecule has 2 aromatic heterocycles. The maximum Gasteiger partial charge on any atom is 0.243 e. The summed E-state index contributed by atoms with van der Waals surface area (Å²) in [4.78, 5) is 1.21. The van der Waals surface area contributed by atoms with E-state index in [1.165, 1.54) is 17.1 Å². The minimum absolute atomic E-state index is 0.180. The first-order chi connectivity index (χ1) is 8.99. The number of hydrogen-bond acceptors (Lipinski definition) is 5. The van der Waals surface area contributed by atoms with E-state index in [0.717, 1.165) is 10.7 Å². The molecule has 0 spiro atoms. The van der Waals surface area contributed by atoms with Crippen LogP contribution in [-0.4, -0.2) is 30.5 Å². The van der Waals surface area contributed by atoms with Crippen LogP contribution in [-0.2, 0) is 17.1 Å². The highest BCUT2D eigenvalue weighted by atomic mass is 32.2. The molecule has 0 radical (unpaired) electrons. The highest BCUT2D eigenvalue weighted by molar-refractivity contribution is 7.99. The first-order valence-electron chi connectivity index (χ1n) is 5.64. The van der Waals surface area contributed by atoms with Gasteiger partial charge in [0.05, 0.1) is 12.5 Å². The molecule has 0 aliphatic heterocycles. The van der Waals surface area contributed by atoms with Crippen LogP contribution in [0.25, 0.3) is 0 Å². The lowest BCUT2D eigenvalue weighted by molar-refractivity contribution is 0.527. The number of rotatable bonds is 6. The molecule has 8 heteroatoms. The summed E-state index contributed by atoms with van der Waals surface area (Å²) < 4.78 is 32.9. The number of nitrogens with one attached hydrogen (secondary N) is 1. The van der Waals surface area contributed by atoms with E-state index in [-0.39, 0.29) is 4.90 Å². The fourth-order valence-corrected chi connectivity index (χ4v) is 3.45. The molecular formula is C11H15N3O3S2. The Kier molecular flexibility index (Phi) is 4.33. The molecule has 0 saturated carbocycles. The average molecular weight is 301 g/mol. The lowest BCUT2D eigenvalue weighted by atomic mass is 10.5. The Morgan fingerprint density at radius 1 is 1.53 bits per heavy atom. The summed E-state index contributed by atoms with van der Waals surface area (Å²) in [6.45, 7) is 2.23. The molecule has 1 N–H and O–H groups in total. The van der Waals surface area contributed by atoms with Crippen molar-refractivity contribution in [3.8, 4) is 0 Å². The van der Waals surface area contributed by atoms with Crippen LogP contribution >= 0.6 is 11.8 Å². The lowest BCUT2D eigenvalue weighted by Gasteiger charge is -2.04. The van der Waals surface area contributed by atoms with Crippen LogP contribution in [0.5, 0.6) is 0 Å². The molecule has 0 saturated heterocycles. The Morgan fingerprint density at radius 2 is 2.32 bits per heavy atom. The highest BCUT2D eigenvalue weighted by Crippen LogP contribution is 2.22. The fraction of sp³-hybridized carbons (Fsp3) is 0.364. The van der Waals surface area contributed by atoms with Crippen molar-refractivity contribution in [2.24, 2.45) is 7.05 Å². The van der Waals surface area contributed by atoms with Crippen molar-refractivity contribution in [1.82, 2.24) is 14.5 Å². The van der Waals surface area contributed by atoms with Crippen molar-refractivity contribution < 1.29 is 12.8 Å². The molecule has 0 bridgehead atoms. The Hall–Kier alpha value is -1.25. The van der Waals surface area contributed by atoms with E-state index in [1.807, 2.05) is 13.0 Å². The molecule has 0 aromatic carbocycles. The molecule has 0 atom stereocenters. The minimum atomic E-state index is -3.46. The average Bonchev–Trinajstić information content (AvgIpc) is 2.94. The topological polar surface area (TPSA) is 77.1 Å². The highest BCUT2D eigenvalue weighted by Gasteiger charge is 2.15. The van der Waals surface area contributed by atoms with Gasteiger partial charge in [-0.15, -0.1) is 11.8 Å². The molecular weight excluding hydrogens is 286 g/mol. The smallest absolute Gasteiger partial charge is 0.243 e. The zero-order valence-corrected chi connectivity index (χ0v) is 12.3. The van der Waals surface area contributed by atoms with Gasteiger partial charge in [-0.3, -0.25) is 4.68 Å². The van der Waals surface area contributed by atoms with Crippen LogP contribution in [0, 0.1) is 6.92 Å². The molecule has 2 heterocycles. The maximum absolute atomic E-state index is 11.9. The maximum atomic E-state index is 11.9. The van der Waals surface area contributed by atoms with Gasteiger partial charge >= 0.3 is 0 Å². The molecule has 104 valence electrons. The van der Waals surface area contributed by atoms with Crippen molar-refractivity contribution in [2.45, 2.75) is 16.7 Å². The Bertz CT molecular complexity index is 646. The van der Waals surface area contributed by atoms with Gasteiger partial charge in [0.2, 0.25) is 10.0 Å². The fourth-order valence-electron chi connectivity index (χ4n) is 1.48. The van der Waals surface area contributed by atoms with E-state index in [9.17, 15) is 8.42 Å². The van der Waals surface area contributed by atoms with Crippen LogP contribution in [0.2, 0.25) is 0 Å². The lowest BCUT2D eigenvalue weighted by Crippen LogP contribution is -2.25. The standard InChI is InChI=1S/C11H15N3O3S2/c1-9-11(3-5-17-9)18-6-4-13-19(15,16)10-7-12-14(2)8-10/h3,5,7-8,13H,4,6H2,1-2H3. The van der Waals surface area contributed by atoms with Gasteiger partial charge in [-0.05, 0) is 13.0 Å². The van der Waals surface area contributed by atoms with Crippen LogP contribution in [0.4, 0.5) is 0 Å². The number of nitrogens with zero attached hydrogens (tertiary/aromatic N) is 2. The van der Waals surface area contributed by atoms with Crippen molar-refractivity contribution in [3.63, 3.8) is 0 Å². The van der Waals surface area contributed by atoms with Gasteiger partial charge in [0.1, 0.15) is 10.7 Å². The molecule has 0 aliphatic carbocycles. The predicted molar refractivity (Wildman–Crippen MR) is 72.6 cm³/mol.